The number of aromatic nitrogens is 2. The predicted molar refractivity (Wildman–Crippen MR) is 51.6 cm³/mol. The molecule has 72 valence electrons. The average Bonchev–Trinajstić information content (AvgIpc) is 2.71. The Bertz CT molecular complexity index is 270. The molecule has 0 spiro atoms. The highest BCUT2D eigenvalue weighted by Crippen LogP contribution is 2.18. The van der Waals surface area contributed by atoms with Crippen molar-refractivity contribution in [2.75, 3.05) is 12.3 Å². The summed E-state index contributed by atoms with van der Waals surface area (Å²) >= 11 is 1.39. The van der Waals surface area contributed by atoms with Crippen molar-refractivity contribution in [2.24, 2.45) is 0 Å². The van der Waals surface area contributed by atoms with Crippen molar-refractivity contribution in [2.45, 2.75) is 31.8 Å². The molecule has 13 heavy (non-hydrogen) atoms. The van der Waals surface area contributed by atoms with Gasteiger partial charge in [0.1, 0.15) is 5.01 Å². The Hall–Kier alpha value is -0.680. The summed E-state index contributed by atoms with van der Waals surface area (Å²) in [5.74, 6) is 0.396. The molecule has 1 unspecified atom stereocenters. The molecule has 0 saturated carbocycles. The molecule has 0 aromatic carbocycles. The molecule has 0 bridgehead atoms. The fourth-order valence-corrected chi connectivity index (χ4v) is 2.11. The maximum Gasteiger partial charge on any atom is 0.232 e. The number of hydrogen-bond donors (Lipinski definition) is 1. The zero-order chi connectivity index (χ0) is 9.10. The van der Waals surface area contributed by atoms with E-state index < -0.39 is 0 Å². The van der Waals surface area contributed by atoms with E-state index in [1.165, 1.54) is 24.4 Å². The molecule has 2 heterocycles. The summed E-state index contributed by atoms with van der Waals surface area (Å²) in [5.41, 5.74) is 5.42. The van der Waals surface area contributed by atoms with Gasteiger partial charge in [-0.3, -0.25) is 0 Å². The number of hydrogen-bond acceptors (Lipinski definition) is 5. The molecular formula is C8H13N3OS. The Kier molecular flexibility index (Phi) is 2.75. The van der Waals surface area contributed by atoms with Crippen LogP contribution in [-0.2, 0) is 11.2 Å². The second-order valence-corrected chi connectivity index (χ2v) is 4.06. The molecule has 0 radical (unpaired) electrons. The number of rotatable bonds is 3. The second-order valence-electron chi connectivity index (χ2n) is 3.22. The van der Waals surface area contributed by atoms with Gasteiger partial charge in [0.25, 0.3) is 0 Å². The summed E-state index contributed by atoms with van der Waals surface area (Å²) in [5, 5.41) is 1.02. The summed E-state index contributed by atoms with van der Waals surface area (Å²) in [7, 11) is 0. The van der Waals surface area contributed by atoms with E-state index in [0.717, 1.165) is 24.5 Å². The highest BCUT2D eigenvalue weighted by atomic mass is 32.1. The largest absolute Gasteiger partial charge is 0.378 e. The number of nitrogens with two attached hydrogens (primary N) is 1. The van der Waals surface area contributed by atoms with Gasteiger partial charge in [-0.25, -0.2) is 4.98 Å². The lowest BCUT2D eigenvalue weighted by atomic mass is 10.1. The first-order valence-electron chi connectivity index (χ1n) is 4.54. The summed E-state index contributed by atoms with van der Waals surface area (Å²) in [6.07, 6.45) is 4.82. The maximum absolute atomic E-state index is 5.51. The van der Waals surface area contributed by atoms with Gasteiger partial charge < -0.3 is 10.5 Å². The SMILES string of the molecule is Nc1nsc(CCC2CCCO2)n1. The topological polar surface area (TPSA) is 61.0 Å². The minimum atomic E-state index is 0.396. The summed E-state index contributed by atoms with van der Waals surface area (Å²) < 4.78 is 9.44. The van der Waals surface area contributed by atoms with Crippen LogP contribution in [-0.4, -0.2) is 22.1 Å². The molecule has 4 nitrogen and oxygen atoms in total. The van der Waals surface area contributed by atoms with E-state index in [9.17, 15) is 0 Å². The van der Waals surface area contributed by atoms with Crippen LogP contribution in [0.25, 0.3) is 0 Å². The molecule has 1 aliphatic heterocycles. The maximum atomic E-state index is 5.51. The van der Waals surface area contributed by atoms with Crippen molar-refractivity contribution < 1.29 is 4.74 Å². The van der Waals surface area contributed by atoms with Crippen molar-refractivity contribution in [1.29, 1.82) is 0 Å². The summed E-state index contributed by atoms with van der Waals surface area (Å²) in [4.78, 5) is 4.10. The van der Waals surface area contributed by atoms with Gasteiger partial charge in [-0.1, -0.05) is 0 Å². The highest BCUT2D eigenvalue weighted by Gasteiger charge is 2.15. The Morgan fingerprint density at radius 1 is 1.62 bits per heavy atom. The van der Waals surface area contributed by atoms with Crippen LogP contribution in [0, 0.1) is 0 Å². The predicted octanol–water partition coefficient (Wildman–Crippen LogP) is 1.23. The second kappa shape index (κ2) is 4.02. The van der Waals surface area contributed by atoms with Crippen LogP contribution >= 0.6 is 11.5 Å². The van der Waals surface area contributed by atoms with E-state index in [1.807, 2.05) is 0 Å². The Morgan fingerprint density at radius 2 is 2.54 bits per heavy atom. The molecular weight excluding hydrogens is 186 g/mol. The van der Waals surface area contributed by atoms with Crippen molar-refractivity contribution in [1.82, 2.24) is 9.36 Å². The van der Waals surface area contributed by atoms with Crippen LogP contribution in [0.4, 0.5) is 5.95 Å². The highest BCUT2D eigenvalue weighted by molar-refractivity contribution is 7.05. The number of ether oxygens (including phenoxy) is 1. The van der Waals surface area contributed by atoms with Crippen LogP contribution in [0.3, 0.4) is 0 Å². The van der Waals surface area contributed by atoms with Gasteiger partial charge >= 0.3 is 0 Å². The van der Waals surface area contributed by atoms with Crippen molar-refractivity contribution in [3.63, 3.8) is 0 Å². The first kappa shape index (κ1) is 8.90. The minimum Gasteiger partial charge on any atom is -0.378 e. The Balaban J connectivity index is 1.78. The zero-order valence-electron chi connectivity index (χ0n) is 7.40. The normalized spacial score (nSPS) is 22.3. The Labute approximate surface area is 81.3 Å². The van der Waals surface area contributed by atoms with Crippen LogP contribution in [0.2, 0.25) is 0 Å². The smallest absolute Gasteiger partial charge is 0.232 e. The van der Waals surface area contributed by atoms with Gasteiger partial charge in [-0.05, 0) is 30.8 Å². The first-order chi connectivity index (χ1) is 6.34. The molecule has 2 N–H and O–H groups in total. The molecule has 1 atom stereocenters. The minimum absolute atomic E-state index is 0.396. The van der Waals surface area contributed by atoms with E-state index in [-0.39, 0.29) is 0 Å². The van der Waals surface area contributed by atoms with Crippen molar-refractivity contribution in [3.05, 3.63) is 5.01 Å². The number of aryl methyl sites for hydroxylation is 1. The van der Waals surface area contributed by atoms with Gasteiger partial charge in [0.15, 0.2) is 0 Å². The van der Waals surface area contributed by atoms with Crippen LogP contribution in [0.15, 0.2) is 0 Å². The van der Waals surface area contributed by atoms with E-state index in [1.54, 1.807) is 0 Å². The van der Waals surface area contributed by atoms with Gasteiger partial charge in [-0.15, -0.1) is 0 Å². The van der Waals surface area contributed by atoms with Crippen molar-refractivity contribution in [3.8, 4) is 0 Å². The van der Waals surface area contributed by atoms with E-state index in [2.05, 4.69) is 9.36 Å². The molecule has 0 amide bonds. The fourth-order valence-electron chi connectivity index (χ4n) is 1.53. The molecule has 1 aromatic heterocycles. The van der Waals surface area contributed by atoms with Gasteiger partial charge in [-0.2, -0.15) is 4.37 Å². The molecule has 0 aliphatic carbocycles. The number of nitrogen functional groups attached to an aromatic ring is 1. The zero-order valence-corrected chi connectivity index (χ0v) is 8.22. The third-order valence-corrected chi connectivity index (χ3v) is 2.97. The van der Waals surface area contributed by atoms with Gasteiger partial charge in [0, 0.05) is 13.0 Å². The molecule has 1 saturated heterocycles. The monoisotopic (exact) mass is 199 g/mol. The standard InChI is InChI=1S/C8H13N3OS/c9-8-10-7(13-11-8)4-3-6-2-1-5-12-6/h6H,1-5H2,(H2,9,11). The van der Waals surface area contributed by atoms with Crippen molar-refractivity contribution >= 4 is 17.5 Å². The van der Waals surface area contributed by atoms with E-state index in [0.29, 0.717) is 12.1 Å². The molecule has 5 heteroatoms. The van der Waals surface area contributed by atoms with E-state index >= 15 is 0 Å². The van der Waals surface area contributed by atoms with Gasteiger partial charge in [0.2, 0.25) is 5.95 Å². The fraction of sp³-hybridized carbons (Fsp3) is 0.750. The lowest BCUT2D eigenvalue weighted by Gasteiger charge is -2.05. The quantitative estimate of drug-likeness (QED) is 0.795. The number of anilines is 1. The number of nitrogens with zero attached hydrogens (tertiary/aromatic N) is 2. The van der Waals surface area contributed by atoms with Crippen LogP contribution < -0.4 is 5.73 Å². The van der Waals surface area contributed by atoms with E-state index in [4.69, 9.17) is 10.5 Å². The van der Waals surface area contributed by atoms with Crippen LogP contribution in [0.5, 0.6) is 0 Å². The summed E-state index contributed by atoms with van der Waals surface area (Å²) in [6.45, 7) is 0.920. The Morgan fingerprint density at radius 3 is 3.15 bits per heavy atom. The lowest BCUT2D eigenvalue weighted by Crippen LogP contribution is -2.05. The molecule has 1 aliphatic rings. The molecule has 1 aromatic rings. The summed E-state index contributed by atoms with van der Waals surface area (Å²) in [6, 6.07) is 0. The van der Waals surface area contributed by atoms with Gasteiger partial charge in [0.05, 0.1) is 6.10 Å². The third-order valence-electron chi connectivity index (χ3n) is 2.19. The van der Waals surface area contributed by atoms with Crippen LogP contribution in [0.1, 0.15) is 24.3 Å². The molecule has 2 rings (SSSR count). The molecule has 1 fully saturated rings. The first-order valence-corrected chi connectivity index (χ1v) is 5.31. The third kappa shape index (κ3) is 2.38. The average molecular weight is 199 g/mol. The lowest BCUT2D eigenvalue weighted by molar-refractivity contribution is 0.104.